The van der Waals surface area contributed by atoms with Crippen LogP contribution in [0, 0.1) is 10.1 Å². The molecule has 39 heavy (non-hydrogen) atoms. The summed E-state index contributed by atoms with van der Waals surface area (Å²) in [5.41, 5.74) is 1.72. The summed E-state index contributed by atoms with van der Waals surface area (Å²) in [4.78, 5) is 52.4. The quantitative estimate of drug-likeness (QED) is 0.239. The summed E-state index contributed by atoms with van der Waals surface area (Å²) in [6, 6.07) is 14.5. The number of nitrogens with one attached hydrogen (secondary N) is 2. The van der Waals surface area contributed by atoms with Crippen LogP contribution in [0.1, 0.15) is 31.9 Å². The molecular formula is C28H39N5O5S. The summed E-state index contributed by atoms with van der Waals surface area (Å²) in [5.74, 6) is 0.121. The summed E-state index contributed by atoms with van der Waals surface area (Å²) in [6.07, 6.45) is 0.803. The van der Waals surface area contributed by atoms with Crippen LogP contribution >= 0.6 is 11.8 Å². The molecule has 2 aromatic carbocycles. The first-order valence-electron chi connectivity index (χ1n) is 13.2. The molecular weight excluding hydrogens is 518 g/mol. The van der Waals surface area contributed by atoms with Gasteiger partial charge in [0.15, 0.2) is 5.12 Å². The van der Waals surface area contributed by atoms with Gasteiger partial charge in [-0.1, -0.05) is 68.1 Å². The number of thioether (sulfide) groups is 1. The highest BCUT2D eigenvalue weighted by atomic mass is 32.2. The molecule has 0 spiro atoms. The van der Waals surface area contributed by atoms with E-state index in [9.17, 15) is 24.5 Å². The smallest absolute Gasteiger partial charge is 0.318 e. The molecule has 0 heterocycles. The fourth-order valence-corrected chi connectivity index (χ4v) is 4.56. The minimum absolute atomic E-state index is 0.0259. The van der Waals surface area contributed by atoms with Crippen LogP contribution in [0.5, 0.6) is 0 Å². The molecule has 0 fully saturated rings. The Labute approximate surface area is 234 Å². The van der Waals surface area contributed by atoms with Gasteiger partial charge in [-0.3, -0.25) is 19.7 Å². The van der Waals surface area contributed by atoms with E-state index >= 15 is 0 Å². The number of likely N-dealkylation sites (N-methyl/N-ethyl adjacent to an activating group) is 1. The van der Waals surface area contributed by atoms with Crippen molar-refractivity contribution in [1.29, 1.82) is 0 Å². The SMILES string of the molecule is CCN(CC)CCNC(=O)[C@H](Cc1ccc([N+](=O)[O-])cc1)NC(=O)N(CCSC(C)=O)CCc1ccccc1. The lowest BCUT2D eigenvalue weighted by Crippen LogP contribution is -2.53. The first-order chi connectivity index (χ1) is 18.7. The Kier molecular flexibility index (Phi) is 14.0. The molecule has 0 aliphatic heterocycles. The Hall–Kier alpha value is -3.44. The van der Waals surface area contributed by atoms with Crippen LogP contribution in [0.25, 0.3) is 0 Å². The number of hydrogen-bond donors (Lipinski definition) is 2. The van der Waals surface area contributed by atoms with Gasteiger partial charge in [-0.15, -0.1) is 0 Å². The van der Waals surface area contributed by atoms with Crippen molar-refractivity contribution in [3.05, 3.63) is 75.8 Å². The normalized spacial score (nSPS) is 11.6. The first kappa shape index (κ1) is 31.8. The van der Waals surface area contributed by atoms with Crippen LogP contribution in [0.2, 0.25) is 0 Å². The molecule has 3 amide bonds. The van der Waals surface area contributed by atoms with Gasteiger partial charge in [0.05, 0.1) is 4.92 Å². The molecule has 2 aromatic rings. The highest BCUT2D eigenvalue weighted by Gasteiger charge is 2.24. The Morgan fingerprint density at radius 3 is 2.21 bits per heavy atom. The number of nitro benzene ring substituents is 1. The third-order valence-electron chi connectivity index (χ3n) is 6.29. The van der Waals surface area contributed by atoms with Gasteiger partial charge in [-0.2, -0.15) is 0 Å². The number of carbonyl (C=O) groups is 3. The number of benzene rings is 2. The minimum atomic E-state index is -0.879. The van der Waals surface area contributed by atoms with Gasteiger partial charge in [0.2, 0.25) is 5.91 Å². The maximum Gasteiger partial charge on any atom is 0.318 e. The molecule has 0 aromatic heterocycles. The highest BCUT2D eigenvalue weighted by molar-refractivity contribution is 8.13. The summed E-state index contributed by atoms with van der Waals surface area (Å²) >= 11 is 1.15. The summed E-state index contributed by atoms with van der Waals surface area (Å²) in [7, 11) is 0. The van der Waals surface area contributed by atoms with E-state index in [1.165, 1.54) is 19.1 Å². The lowest BCUT2D eigenvalue weighted by Gasteiger charge is -2.27. The largest absolute Gasteiger partial charge is 0.353 e. The lowest BCUT2D eigenvalue weighted by atomic mass is 10.0. The number of nitrogens with zero attached hydrogens (tertiary/aromatic N) is 3. The van der Waals surface area contributed by atoms with E-state index in [4.69, 9.17) is 0 Å². The van der Waals surface area contributed by atoms with E-state index in [0.29, 0.717) is 43.9 Å². The average molecular weight is 558 g/mol. The number of rotatable bonds is 16. The Bertz CT molecular complexity index is 1060. The minimum Gasteiger partial charge on any atom is -0.353 e. The van der Waals surface area contributed by atoms with Crippen LogP contribution in [-0.4, -0.2) is 82.8 Å². The van der Waals surface area contributed by atoms with Crippen molar-refractivity contribution in [2.45, 2.75) is 39.7 Å². The topological polar surface area (TPSA) is 125 Å². The van der Waals surface area contributed by atoms with E-state index in [-0.39, 0.29) is 23.1 Å². The van der Waals surface area contributed by atoms with Crippen molar-refractivity contribution in [2.24, 2.45) is 0 Å². The van der Waals surface area contributed by atoms with Crippen LogP contribution in [0.3, 0.4) is 0 Å². The van der Waals surface area contributed by atoms with E-state index in [1.54, 1.807) is 17.0 Å². The molecule has 0 aliphatic carbocycles. The Balaban J connectivity index is 2.16. The lowest BCUT2D eigenvalue weighted by molar-refractivity contribution is -0.384. The standard InChI is InChI=1S/C28H39N5O5S/c1-4-31(5-2)18-16-29-27(35)26(21-24-11-13-25(14-12-24)33(37)38)30-28(36)32(19-20-39-22(3)34)17-15-23-9-7-6-8-10-23/h6-14,26H,4-5,15-21H2,1-3H3,(H,29,35)(H,30,36)/t26-/m0/s1. The molecule has 2 N–H and O–H groups in total. The Morgan fingerprint density at radius 2 is 1.62 bits per heavy atom. The first-order valence-corrected chi connectivity index (χ1v) is 14.2. The number of amides is 3. The van der Waals surface area contributed by atoms with E-state index in [2.05, 4.69) is 29.4 Å². The molecule has 11 heteroatoms. The molecule has 212 valence electrons. The number of carbonyl (C=O) groups excluding carboxylic acids is 3. The number of hydrogen-bond acceptors (Lipinski definition) is 7. The fourth-order valence-electron chi connectivity index (χ4n) is 3.96. The van der Waals surface area contributed by atoms with Crippen LogP contribution in [-0.2, 0) is 22.4 Å². The predicted molar refractivity (Wildman–Crippen MR) is 155 cm³/mol. The van der Waals surface area contributed by atoms with E-state index < -0.39 is 17.0 Å². The summed E-state index contributed by atoms with van der Waals surface area (Å²) in [5, 5.41) is 16.8. The van der Waals surface area contributed by atoms with Crippen LogP contribution in [0.4, 0.5) is 10.5 Å². The molecule has 0 saturated carbocycles. The van der Waals surface area contributed by atoms with Gasteiger partial charge in [0, 0.05) is 57.4 Å². The van der Waals surface area contributed by atoms with Gasteiger partial charge in [-0.05, 0) is 30.6 Å². The zero-order valence-electron chi connectivity index (χ0n) is 22.9. The molecule has 10 nitrogen and oxygen atoms in total. The van der Waals surface area contributed by atoms with Gasteiger partial charge < -0.3 is 20.4 Å². The third kappa shape index (κ3) is 11.9. The summed E-state index contributed by atoms with van der Waals surface area (Å²) < 4.78 is 0. The third-order valence-corrected chi connectivity index (χ3v) is 7.08. The summed E-state index contributed by atoms with van der Waals surface area (Å²) in [6.45, 7) is 9.20. The van der Waals surface area contributed by atoms with Crippen molar-refractivity contribution in [1.82, 2.24) is 20.4 Å². The van der Waals surface area contributed by atoms with Crippen LogP contribution < -0.4 is 10.6 Å². The zero-order valence-corrected chi connectivity index (χ0v) is 23.7. The zero-order chi connectivity index (χ0) is 28.6. The highest BCUT2D eigenvalue weighted by Crippen LogP contribution is 2.14. The molecule has 1 atom stereocenters. The molecule has 2 rings (SSSR count). The molecule has 0 unspecified atom stereocenters. The van der Waals surface area contributed by atoms with Crippen molar-refractivity contribution in [3.8, 4) is 0 Å². The van der Waals surface area contributed by atoms with Gasteiger partial charge >= 0.3 is 6.03 Å². The second kappa shape index (κ2) is 17.2. The van der Waals surface area contributed by atoms with Gasteiger partial charge in [0.1, 0.15) is 6.04 Å². The second-order valence-electron chi connectivity index (χ2n) is 9.01. The molecule has 0 bridgehead atoms. The van der Waals surface area contributed by atoms with Gasteiger partial charge in [0.25, 0.3) is 5.69 Å². The van der Waals surface area contributed by atoms with E-state index in [0.717, 1.165) is 30.4 Å². The average Bonchev–Trinajstić information content (AvgIpc) is 2.93. The van der Waals surface area contributed by atoms with Crippen molar-refractivity contribution in [2.75, 3.05) is 45.0 Å². The fraction of sp³-hybridized carbons (Fsp3) is 0.464. The number of non-ortho nitro benzene ring substituents is 1. The maximum absolute atomic E-state index is 13.4. The molecule has 0 saturated heterocycles. The second-order valence-corrected chi connectivity index (χ2v) is 10.3. The van der Waals surface area contributed by atoms with Crippen molar-refractivity contribution < 1.29 is 19.3 Å². The maximum atomic E-state index is 13.4. The number of urea groups is 1. The number of nitro groups is 1. The predicted octanol–water partition coefficient (Wildman–Crippen LogP) is 3.50. The van der Waals surface area contributed by atoms with E-state index in [1.807, 2.05) is 30.3 Å². The van der Waals surface area contributed by atoms with Crippen molar-refractivity contribution >= 4 is 34.5 Å². The molecule has 0 radical (unpaired) electrons. The molecule has 0 aliphatic rings. The van der Waals surface area contributed by atoms with Gasteiger partial charge in [-0.25, -0.2) is 4.79 Å². The van der Waals surface area contributed by atoms with Crippen molar-refractivity contribution in [3.63, 3.8) is 0 Å². The monoisotopic (exact) mass is 557 g/mol. The Morgan fingerprint density at radius 1 is 0.949 bits per heavy atom. The van der Waals surface area contributed by atoms with Crippen LogP contribution in [0.15, 0.2) is 54.6 Å².